The molecule has 0 fully saturated rings. The molecule has 1 unspecified atom stereocenters. The molecule has 0 bridgehead atoms. The molecule has 12 heavy (non-hydrogen) atoms. The summed E-state index contributed by atoms with van der Waals surface area (Å²) >= 11 is 9.05. The van der Waals surface area contributed by atoms with Crippen molar-refractivity contribution in [3.05, 3.63) is 41.4 Å². The first-order valence-electron chi connectivity index (χ1n) is 3.42. The lowest BCUT2D eigenvalue weighted by Gasteiger charge is -2.09. The Morgan fingerprint density at radius 2 is 2.17 bits per heavy atom. The molecule has 1 nitrogen and oxygen atoms in total. The Kier molecular flexibility index (Phi) is 3.63. The second-order valence-electron chi connectivity index (χ2n) is 2.14. The van der Waals surface area contributed by atoms with E-state index in [0.717, 1.165) is 10.2 Å². The first-order chi connectivity index (χ1) is 5.74. The minimum absolute atomic E-state index is 0.483. The van der Waals surface area contributed by atoms with E-state index in [-0.39, 0.29) is 0 Å². The van der Waals surface area contributed by atoms with Crippen LogP contribution in [0.4, 0.5) is 0 Å². The summed E-state index contributed by atoms with van der Waals surface area (Å²) in [6, 6.07) is 7.52. The van der Waals surface area contributed by atoms with E-state index in [1.54, 1.807) is 0 Å². The van der Waals surface area contributed by atoms with E-state index < -0.39 is 5.56 Å². The normalized spacial score (nSPS) is 12.2. The van der Waals surface area contributed by atoms with E-state index >= 15 is 0 Å². The van der Waals surface area contributed by atoms with Crippen LogP contribution in [-0.4, -0.2) is 5.56 Å². The van der Waals surface area contributed by atoms with Crippen LogP contribution in [0.3, 0.4) is 0 Å². The molecular formula is C9H8BrClO. The molecule has 1 aromatic carbocycles. The van der Waals surface area contributed by atoms with Gasteiger partial charge in [0, 0.05) is 0 Å². The van der Waals surface area contributed by atoms with E-state index in [1.807, 2.05) is 24.3 Å². The predicted molar refractivity (Wildman–Crippen MR) is 54.6 cm³/mol. The minimum Gasteiger partial charge on any atom is -0.470 e. The van der Waals surface area contributed by atoms with Gasteiger partial charge >= 0.3 is 0 Å². The average molecular weight is 248 g/mol. The fourth-order valence-corrected chi connectivity index (χ4v) is 1.18. The van der Waals surface area contributed by atoms with Crippen LogP contribution in [0.1, 0.15) is 0 Å². The Labute approximate surface area is 85.1 Å². The van der Waals surface area contributed by atoms with Crippen LogP contribution in [-0.2, 0) is 0 Å². The maximum atomic E-state index is 5.71. The molecule has 0 radical (unpaired) electrons. The lowest BCUT2D eigenvalue weighted by molar-refractivity contribution is 0.324. The molecule has 0 aliphatic rings. The fraction of sp³-hybridized carbons (Fsp3) is 0.111. The standard InChI is InChI=1S/C9H8BrClO/c1-2-9(11)12-8-6-4-3-5-7(8)10/h2-6,9H,1H2. The summed E-state index contributed by atoms with van der Waals surface area (Å²) < 4.78 is 6.18. The zero-order chi connectivity index (χ0) is 8.97. The van der Waals surface area contributed by atoms with E-state index in [9.17, 15) is 0 Å². The second-order valence-corrected chi connectivity index (χ2v) is 3.42. The van der Waals surface area contributed by atoms with E-state index in [4.69, 9.17) is 16.3 Å². The highest BCUT2D eigenvalue weighted by atomic mass is 79.9. The van der Waals surface area contributed by atoms with Gasteiger partial charge in [-0.15, -0.1) is 0 Å². The Hall–Kier alpha value is -0.470. The number of rotatable bonds is 3. The van der Waals surface area contributed by atoms with Crippen molar-refractivity contribution in [3.8, 4) is 5.75 Å². The van der Waals surface area contributed by atoms with E-state index in [1.165, 1.54) is 6.08 Å². The molecule has 0 aliphatic heterocycles. The number of halogens is 2. The lowest BCUT2D eigenvalue weighted by atomic mass is 10.3. The van der Waals surface area contributed by atoms with Crippen molar-refractivity contribution in [2.45, 2.75) is 5.56 Å². The molecule has 1 atom stereocenters. The minimum atomic E-state index is -0.483. The number of benzene rings is 1. The van der Waals surface area contributed by atoms with Gasteiger partial charge in [-0.1, -0.05) is 30.3 Å². The maximum Gasteiger partial charge on any atom is 0.190 e. The predicted octanol–water partition coefficient (Wildman–Crippen LogP) is 3.58. The van der Waals surface area contributed by atoms with Gasteiger partial charge in [0.15, 0.2) is 5.56 Å². The second kappa shape index (κ2) is 4.53. The highest BCUT2D eigenvalue weighted by molar-refractivity contribution is 9.10. The molecule has 0 saturated carbocycles. The Bertz CT molecular complexity index is 275. The van der Waals surface area contributed by atoms with Gasteiger partial charge < -0.3 is 4.74 Å². The summed E-state index contributed by atoms with van der Waals surface area (Å²) in [7, 11) is 0. The monoisotopic (exact) mass is 246 g/mol. The van der Waals surface area contributed by atoms with Crippen molar-refractivity contribution in [1.29, 1.82) is 0 Å². The van der Waals surface area contributed by atoms with Gasteiger partial charge in [0.05, 0.1) is 4.47 Å². The number of ether oxygens (including phenoxy) is 1. The van der Waals surface area contributed by atoms with Crippen LogP contribution >= 0.6 is 27.5 Å². The largest absolute Gasteiger partial charge is 0.470 e. The van der Waals surface area contributed by atoms with Gasteiger partial charge in [-0.05, 0) is 34.1 Å². The number of hydrogen-bond donors (Lipinski definition) is 0. The Morgan fingerprint density at radius 3 is 2.75 bits per heavy atom. The summed E-state index contributed by atoms with van der Waals surface area (Å²) in [5.41, 5.74) is -0.483. The average Bonchev–Trinajstić information content (AvgIpc) is 2.09. The van der Waals surface area contributed by atoms with Crippen LogP contribution in [0.2, 0.25) is 0 Å². The quantitative estimate of drug-likeness (QED) is 0.586. The molecule has 0 heterocycles. The third-order valence-corrected chi connectivity index (χ3v) is 2.18. The van der Waals surface area contributed by atoms with Crippen LogP contribution in [0.15, 0.2) is 41.4 Å². The van der Waals surface area contributed by atoms with Crippen molar-refractivity contribution in [3.63, 3.8) is 0 Å². The van der Waals surface area contributed by atoms with Crippen molar-refractivity contribution in [2.75, 3.05) is 0 Å². The van der Waals surface area contributed by atoms with Crippen LogP contribution in [0, 0.1) is 0 Å². The number of para-hydroxylation sites is 1. The van der Waals surface area contributed by atoms with Crippen molar-refractivity contribution < 1.29 is 4.74 Å². The molecule has 3 heteroatoms. The molecule has 1 aromatic rings. The number of alkyl halides is 1. The first-order valence-corrected chi connectivity index (χ1v) is 4.65. The third-order valence-electron chi connectivity index (χ3n) is 1.26. The first kappa shape index (κ1) is 9.62. The third kappa shape index (κ3) is 2.54. The van der Waals surface area contributed by atoms with Crippen molar-refractivity contribution in [2.24, 2.45) is 0 Å². The zero-order valence-electron chi connectivity index (χ0n) is 6.34. The topological polar surface area (TPSA) is 9.23 Å². The van der Waals surface area contributed by atoms with E-state index in [2.05, 4.69) is 22.5 Å². The van der Waals surface area contributed by atoms with Gasteiger partial charge in [-0.2, -0.15) is 0 Å². The molecule has 0 amide bonds. The van der Waals surface area contributed by atoms with Crippen LogP contribution < -0.4 is 4.74 Å². The van der Waals surface area contributed by atoms with Gasteiger partial charge in [0.1, 0.15) is 5.75 Å². The van der Waals surface area contributed by atoms with Gasteiger partial charge in [-0.3, -0.25) is 0 Å². The van der Waals surface area contributed by atoms with Crippen LogP contribution in [0.5, 0.6) is 5.75 Å². The highest BCUT2D eigenvalue weighted by Crippen LogP contribution is 2.25. The lowest BCUT2D eigenvalue weighted by Crippen LogP contribution is -2.04. The van der Waals surface area contributed by atoms with Gasteiger partial charge in [0.2, 0.25) is 0 Å². The SMILES string of the molecule is C=CC(Cl)Oc1ccccc1Br. The van der Waals surface area contributed by atoms with Crippen molar-refractivity contribution in [1.82, 2.24) is 0 Å². The highest BCUT2D eigenvalue weighted by Gasteiger charge is 2.03. The molecule has 0 aromatic heterocycles. The van der Waals surface area contributed by atoms with E-state index in [0.29, 0.717) is 0 Å². The van der Waals surface area contributed by atoms with Crippen LogP contribution in [0.25, 0.3) is 0 Å². The van der Waals surface area contributed by atoms with Gasteiger partial charge in [0.25, 0.3) is 0 Å². The summed E-state index contributed by atoms with van der Waals surface area (Å²) in [5.74, 6) is 0.720. The Morgan fingerprint density at radius 1 is 1.50 bits per heavy atom. The molecule has 64 valence electrons. The molecule has 0 spiro atoms. The maximum absolute atomic E-state index is 5.71. The summed E-state index contributed by atoms with van der Waals surface area (Å²) in [4.78, 5) is 0. The number of hydrogen-bond acceptors (Lipinski definition) is 1. The molecular weight excluding hydrogens is 239 g/mol. The Balaban J connectivity index is 2.75. The molecule has 1 rings (SSSR count). The molecule has 0 N–H and O–H groups in total. The van der Waals surface area contributed by atoms with Gasteiger partial charge in [-0.25, -0.2) is 0 Å². The molecule has 0 saturated heterocycles. The smallest absolute Gasteiger partial charge is 0.190 e. The summed E-state index contributed by atoms with van der Waals surface area (Å²) in [5, 5.41) is 0. The molecule has 0 aliphatic carbocycles. The van der Waals surface area contributed by atoms with Crippen molar-refractivity contribution >= 4 is 27.5 Å². The summed E-state index contributed by atoms with van der Waals surface area (Å²) in [6.07, 6.45) is 1.53. The summed E-state index contributed by atoms with van der Waals surface area (Å²) in [6.45, 7) is 3.51. The fourth-order valence-electron chi connectivity index (χ4n) is 0.710. The zero-order valence-corrected chi connectivity index (χ0v) is 8.68.